The van der Waals surface area contributed by atoms with Gasteiger partial charge >= 0.3 is 0 Å². The van der Waals surface area contributed by atoms with Gasteiger partial charge in [-0.05, 0) is 39.3 Å². The van der Waals surface area contributed by atoms with Crippen LogP contribution in [-0.4, -0.2) is 25.0 Å². The van der Waals surface area contributed by atoms with E-state index < -0.39 is 16.1 Å². The average Bonchev–Trinajstić information content (AvgIpc) is 2.46. The van der Waals surface area contributed by atoms with Crippen molar-refractivity contribution in [1.29, 1.82) is 0 Å². The van der Waals surface area contributed by atoms with Gasteiger partial charge in [0.05, 0.1) is 10.6 Å². The van der Waals surface area contributed by atoms with E-state index >= 15 is 0 Å². The molecule has 0 saturated carbocycles. The highest BCUT2D eigenvalue weighted by Crippen LogP contribution is 2.23. The number of H-pyrrole nitrogens is 1. The number of aromatic nitrogens is 2. The van der Waals surface area contributed by atoms with Crippen LogP contribution in [0.1, 0.15) is 39.7 Å². The van der Waals surface area contributed by atoms with Crippen LogP contribution in [-0.2, 0) is 11.4 Å². The molecule has 1 atom stereocenters. The molecule has 0 radical (unpaired) electrons. The van der Waals surface area contributed by atoms with Crippen LogP contribution in [0, 0.1) is 0 Å². The van der Waals surface area contributed by atoms with Crippen molar-refractivity contribution in [2.45, 2.75) is 38.9 Å². The maximum absolute atomic E-state index is 12.3. The van der Waals surface area contributed by atoms with Gasteiger partial charge in [-0.15, -0.1) is 0 Å². The second kappa shape index (κ2) is 6.40. The van der Waals surface area contributed by atoms with Gasteiger partial charge in [0.15, 0.2) is 0 Å². The third-order valence-electron chi connectivity index (χ3n) is 3.59. The predicted molar refractivity (Wildman–Crippen MR) is 92.1 cm³/mol. The van der Waals surface area contributed by atoms with Crippen molar-refractivity contribution in [3.63, 3.8) is 0 Å². The highest BCUT2D eigenvalue weighted by molar-refractivity contribution is 7.91. The first-order valence-electron chi connectivity index (χ1n) is 6.91. The molecule has 0 bridgehead atoms. The SMILES string of the molecule is CCC(C)(C)[S+]([O-])N=C(C)c1cc2cc(Cl)cnc2[nH]c1=O. The summed E-state index contributed by atoms with van der Waals surface area (Å²) < 4.78 is 16.0. The number of nitrogens with zero attached hydrogens (tertiary/aromatic N) is 2. The van der Waals surface area contributed by atoms with Crippen LogP contribution in [0.3, 0.4) is 0 Å². The van der Waals surface area contributed by atoms with Gasteiger partial charge in [-0.25, -0.2) is 4.98 Å². The quantitative estimate of drug-likeness (QED) is 0.685. The molecule has 118 valence electrons. The minimum absolute atomic E-state index is 0.310. The third kappa shape index (κ3) is 3.51. The lowest BCUT2D eigenvalue weighted by Gasteiger charge is -2.22. The van der Waals surface area contributed by atoms with Gasteiger partial charge < -0.3 is 9.54 Å². The highest BCUT2D eigenvalue weighted by atomic mass is 35.5. The van der Waals surface area contributed by atoms with E-state index in [4.69, 9.17) is 11.6 Å². The fourth-order valence-electron chi connectivity index (χ4n) is 1.75. The van der Waals surface area contributed by atoms with Gasteiger partial charge in [0.1, 0.15) is 27.5 Å². The van der Waals surface area contributed by atoms with E-state index in [1.165, 1.54) is 6.20 Å². The smallest absolute Gasteiger partial charge is 0.258 e. The molecule has 0 saturated heterocycles. The van der Waals surface area contributed by atoms with Gasteiger partial charge in [-0.1, -0.05) is 22.9 Å². The molecule has 2 aromatic heterocycles. The van der Waals surface area contributed by atoms with Crippen molar-refractivity contribution in [3.8, 4) is 0 Å². The second-order valence-corrected chi connectivity index (χ2v) is 7.87. The van der Waals surface area contributed by atoms with Crippen molar-refractivity contribution in [3.05, 3.63) is 39.3 Å². The normalized spacial score (nSPS) is 14.4. The number of aromatic amines is 1. The Bertz CT molecular complexity index is 786. The lowest BCUT2D eigenvalue weighted by Crippen LogP contribution is -2.30. The van der Waals surface area contributed by atoms with E-state index in [1.54, 1.807) is 19.1 Å². The Morgan fingerprint density at radius 1 is 1.50 bits per heavy atom. The molecule has 1 N–H and O–H groups in total. The number of pyridine rings is 2. The summed E-state index contributed by atoms with van der Waals surface area (Å²) in [5, 5.41) is 1.19. The minimum atomic E-state index is -1.41. The number of fused-ring (bicyclic) bond motifs is 1. The van der Waals surface area contributed by atoms with Gasteiger partial charge in [0.25, 0.3) is 5.56 Å². The predicted octanol–water partition coefficient (Wildman–Crippen LogP) is 3.24. The van der Waals surface area contributed by atoms with Crippen LogP contribution in [0.5, 0.6) is 0 Å². The molecule has 2 rings (SSSR count). The van der Waals surface area contributed by atoms with E-state index in [0.717, 1.165) is 6.42 Å². The Morgan fingerprint density at radius 3 is 2.82 bits per heavy atom. The van der Waals surface area contributed by atoms with Gasteiger partial charge in [-0.2, -0.15) is 0 Å². The number of halogens is 1. The molecular weight excluding hydrogens is 322 g/mol. The standard InChI is InChI=1S/C15H18ClN3O2S/c1-5-15(3,4)22(21)19-9(2)12-7-10-6-11(16)8-17-13(10)18-14(12)20/h6-8H,5H2,1-4H3,(H,17,18,20). The van der Waals surface area contributed by atoms with Crippen LogP contribution in [0.15, 0.2) is 27.5 Å². The van der Waals surface area contributed by atoms with E-state index in [-0.39, 0.29) is 5.56 Å². The molecule has 5 nitrogen and oxygen atoms in total. The summed E-state index contributed by atoms with van der Waals surface area (Å²) in [6, 6.07) is 3.38. The summed E-state index contributed by atoms with van der Waals surface area (Å²) in [6.45, 7) is 7.40. The first-order valence-corrected chi connectivity index (χ1v) is 8.39. The van der Waals surface area contributed by atoms with E-state index in [1.807, 2.05) is 20.8 Å². The molecule has 7 heteroatoms. The van der Waals surface area contributed by atoms with Crippen LogP contribution in [0.2, 0.25) is 5.02 Å². The van der Waals surface area contributed by atoms with Crippen molar-refractivity contribution in [2.24, 2.45) is 4.40 Å². The average molecular weight is 340 g/mol. The number of hydrogen-bond acceptors (Lipinski definition) is 4. The molecule has 0 aromatic carbocycles. The van der Waals surface area contributed by atoms with Crippen LogP contribution in [0.25, 0.3) is 11.0 Å². The highest BCUT2D eigenvalue weighted by Gasteiger charge is 2.31. The van der Waals surface area contributed by atoms with Crippen LogP contribution < -0.4 is 5.56 Å². The Kier molecular flexibility index (Phi) is 4.94. The summed E-state index contributed by atoms with van der Waals surface area (Å²) in [6.07, 6.45) is 2.20. The third-order valence-corrected chi connectivity index (χ3v) is 5.47. The molecule has 0 spiro atoms. The molecule has 0 aliphatic rings. The van der Waals surface area contributed by atoms with Crippen molar-refractivity contribution in [1.82, 2.24) is 9.97 Å². The zero-order chi connectivity index (χ0) is 16.5. The second-order valence-electron chi connectivity index (χ2n) is 5.64. The molecular formula is C15H18ClN3O2S. The topological polar surface area (TPSA) is 81.2 Å². The molecule has 0 aliphatic carbocycles. The lowest BCUT2D eigenvalue weighted by atomic mass is 10.1. The Hall–Kier alpha value is -1.37. The lowest BCUT2D eigenvalue weighted by molar-refractivity contribution is 0.540. The van der Waals surface area contributed by atoms with Gasteiger partial charge in [0.2, 0.25) is 0 Å². The maximum atomic E-state index is 12.3. The summed E-state index contributed by atoms with van der Waals surface area (Å²) in [4.78, 5) is 18.9. The maximum Gasteiger partial charge on any atom is 0.258 e. The van der Waals surface area contributed by atoms with E-state index in [0.29, 0.717) is 27.3 Å². The summed E-state index contributed by atoms with van der Waals surface area (Å²) in [5.74, 6) is 0. The summed E-state index contributed by atoms with van der Waals surface area (Å²) in [5.41, 5.74) is 0.954. The zero-order valence-electron chi connectivity index (χ0n) is 12.9. The van der Waals surface area contributed by atoms with Crippen LogP contribution >= 0.6 is 11.6 Å². The Morgan fingerprint density at radius 2 is 2.18 bits per heavy atom. The molecule has 0 fully saturated rings. The van der Waals surface area contributed by atoms with Crippen molar-refractivity contribution >= 4 is 39.7 Å². The minimum Gasteiger partial charge on any atom is -0.591 e. The number of nitrogens with one attached hydrogen (secondary N) is 1. The van der Waals surface area contributed by atoms with Gasteiger partial charge in [0, 0.05) is 11.6 Å². The molecule has 2 heterocycles. The van der Waals surface area contributed by atoms with Crippen molar-refractivity contribution < 1.29 is 4.55 Å². The molecule has 1 unspecified atom stereocenters. The molecule has 0 amide bonds. The number of hydrogen-bond donors (Lipinski definition) is 1. The Balaban J connectivity index is 2.49. The fourth-order valence-corrected chi connectivity index (χ4v) is 2.76. The Labute approximate surface area is 137 Å². The summed E-state index contributed by atoms with van der Waals surface area (Å²) >= 11 is 4.51. The molecule has 22 heavy (non-hydrogen) atoms. The first kappa shape index (κ1) is 17.0. The monoisotopic (exact) mass is 339 g/mol. The van der Waals surface area contributed by atoms with Crippen LogP contribution in [0.4, 0.5) is 0 Å². The molecule has 2 aromatic rings. The first-order chi connectivity index (χ1) is 10.2. The van der Waals surface area contributed by atoms with E-state index in [2.05, 4.69) is 14.4 Å². The summed E-state index contributed by atoms with van der Waals surface area (Å²) in [7, 11) is 0. The number of rotatable bonds is 4. The van der Waals surface area contributed by atoms with Gasteiger partial charge in [-0.3, -0.25) is 4.79 Å². The fraction of sp³-hybridized carbons (Fsp3) is 0.400. The zero-order valence-corrected chi connectivity index (χ0v) is 14.5. The van der Waals surface area contributed by atoms with E-state index in [9.17, 15) is 9.35 Å². The van der Waals surface area contributed by atoms with Crippen molar-refractivity contribution in [2.75, 3.05) is 0 Å². The molecule has 0 aliphatic heterocycles. The largest absolute Gasteiger partial charge is 0.591 e.